The topological polar surface area (TPSA) is 90.9 Å². The number of hydrogen-bond acceptors (Lipinski definition) is 7. The van der Waals surface area contributed by atoms with E-state index in [-0.39, 0.29) is 30.0 Å². The van der Waals surface area contributed by atoms with Crippen molar-refractivity contribution < 1.29 is 19.0 Å². The zero-order valence-electron chi connectivity index (χ0n) is 22.0. The number of hydrogen-bond donors (Lipinski definition) is 2. The van der Waals surface area contributed by atoms with Crippen LogP contribution in [0, 0.1) is 17.7 Å². The molecule has 0 radical (unpaired) electrons. The van der Waals surface area contributed by atoms with Gasteiger partial charge in [-0.2, -0.15) is 0 Å². The first-order chi connectivity index (χ1) is 19.0. The molecule has 2 aliphatic heterocycles. The first-order valence-electron chi connectivity index (χ1n) is 13.2. The molecule has 0 bridgehead atoms. The van der Waals surface area contributed by atoms with Gasteiger partial charge in [0.05, 0.1) is 31.3 Å². The maximum atomic E-state index is 15.4. The van der Waals surface area contributed by atoms with Crippen molar-refractivity contribution in [1.82, 2.24) is 19.8 Å². The van der Waals surface area contributed by atoms with Gasteiger partial charge < -0.3 is 19.6 Å². The van der Waals surface area contributed by atoms with E-state index < -0.39 is 11.3 Å². The van der Waals surface area contributed by atoms with Crippen LogP contribution >= 0.6 is 0 Å². The van der Waals surface area contributed by atoms with Crippen LogP contribution in [0.15, 0.2) is 53.6 Å². The summed E-state index contributed by atoms with van der Waals surface area (Å²) in [5.41, 5.74) is 2.80. The van der Waals surface area contributed by atoms with Gasteiger partial charge in [0.25, 0.3) is 5.56 Å². The molecule has 0 unspecified atom stereocenters. The second-order valence-electron chi connectivity index (χ2n) is 10.1. The highest BCUT2D eigenvalue weighted by Crippen LogP contribution is 2.28. The van der Waals surface area contributed by atoms with Gasteiger partial charge in [-0.3, -0.25) is 14.6 Å². The van der Waals surface area contributed by atoms with Crippen molar-refractivity contribution in [3.05, 3.63) is 92.9 Å². The Bertz CT molecular complexity index is 1390. The minimum absolute atomic E-state index is 0.160. The highest BCUT2D eigenvalue weighted by Gasteiger charge is 2.30. The van der Waals surface area contributed by atoms with E-state index in [1.165, 1.54) is 18.0 Å². The molecule has 3 heterocycles. The maximum Gasteiger partial charge on any atom is 0.293 e. The summed E-state index contributed by atoms with van der Waals surface area (Å²) in [5.74, 6) is 5.08. The number of nitrogens with one attached hydrogen (secondary N) is 1. The zero-order chi connectivity index (χ0) is 27.2. The third kappa shape index (κ3) is 6.91. The van der Waals surface area contributed by atoms with Gasteiger partial charge in [0.2, 0.25) is 5.75 Å². The molecule has 3 aromatic rings. The molecule has 2 aliphatic rings. The van der Waals surface area contributed by atoms with Gasteiger partial charge in [0.15, 0.2) is 0 Å². The van der Waals surface area contributed by atoms with Gasteiger partial charge in [0, 0.05) is 69.8 Å². The monoisotopic (exact) mass is 532 g/mol. The van der Waals surface area contributed by atoms with Crippen molar-refractivity contribution >= 4 is 0 Å². The molecule has 204 valence electrons. The lowest BCUT2D eigenvalue weighted by atomic mass is 9.90. The number of morpholine rings is 1. The van der Waals surface area contributed by atoms with E-state index in [9.17, 15) is 9.90 Å². The van der Waals surface area contributed by atoms with E-state index in [1.807, 2.05) is 18.2 Å². The summed E-state index contributed by atoms with van der Waals surface area (Å²) in [6.07, 6.45) is 1.64. The fourth-order valence-electron chi connectivity index (χ4n) is 5.01. The number of nitrogens with zero attached hydrogens (tertiary/aromatic N) is 3. The Morgan fingerprint density at radius 2 is 1.85 bits per heavy atom. The summed E-state index contributed by atoms with van der Waals surface area (Å²) in [7, 11) is 1.68. The summed E-state index contributed by atoms with van der Waals surface area (Å²) in [5, 5.41) is 10.2. The first-order valence-corrected chi connectivity index (χ1v) is 13.2. The molecule has 9 heteroatoms. The lowest BCUT2D eigenvalue weighted by Gasteiger charge is -2.40. The van der Waals surface area contributed by atoms with Crippen LogP contribution in [0.3, 0.4) is 0 Å². The molecule has 0 saturated carbocycles. The Labute approximate surface area is 227 Å². The molecule has 2 fully saturated rings. The summed E-state index contributed by atoms with van der Waals surface area (Å²) < 4.78 is 26.2. The van der Waals surface area contributed by atoms with Gasteiger partial charge in [0.1, 0.15) is 5.82 Å². The van der Waals surface area contributed by atoms with Crippen LogP contribution < -0.4 is 5.56 Å². The van der Waals surface area contributed by atoms with Crippen molar-refractivity contribution in [2.45, 2.75) is 25.0 Å². The summed E-state index contributed by atoms with van der Waals surface area (Å²) in [6, 6.07) is 13.1. The van der Waals surface area contributed by atoms with Crippen LogP contribution in [0.2, 0.25) is 0 Å². The Balaban J connectivity index is 1.29. The summed E-state index contributed by atoms with van der Waals surface area (Å²) in [4.78, 5) is 22.9. The van der Waals surface area contributed by atoms with Gasteiger partial charge in [-0.1, -0.05) is 30.0 Å². The predicted octanol–water partition coefficient (Wildman–Crippen LogP) is 2.50. The second kappa shape index (κ2) is 12.5. The minimum Gasteiger partial charge on any atom is -0.502 e. The van der Waals surface area contributed by atoms with E-state index in [0.29, 0.717) is 17.7 Å². The SMILES string of the molecule is COC1CN(C[C@@H](Cc2nc[nH]c(=O)c2O)c2ccc(C#Cc3ccc(CN4CCOCC4)cc3)cc2F)C1. The molecular formula is C30H33FN4O4. The molecular weight excluding hydrogens is 499 g/mol. The lowest BCUT2D eigenvalue weighted by Crippen LogP contribution is -2.53. The van der Waals surface area contributed by atoms with Crippen molar-refractivity contribution in [3.63, 3.8) is 0 Å². The van der Waals surface area contributed by atoms with Gasteiger partial charge >= 0.3 is 0 Å². The van der Waals surface area contributed by atoms with E-state index in [2.05, 4.69) is 43.7 Å². The smallest absolute Gasteiger partial charge is 0.293 e. The average molecular weight is 533 g/mol. The summed E-state index contributed by atoms with van der Waals surface area (Å²) in [6.45, 7) is 6.37. The number of halogens is 1. The van der Waals surface area contributed by atoms with Crippen molar-refractivity contribution in [2.75, 3.05) is 53.0 Å². The largest absolute Gasteiger partial charge is 0.502 e. The Morgan fingerprint density at radius 3 is 2.56 bits per heavy atom. The highest BCUT2D eigenvalue weighted by atomic mass is 19.1. The highest BCUT2D eigenvalue weighted by molar-refractivity contribution is 5.45. The third-order valence-corrected chi connectivity index (χ3v) is 7.34. The molecule has 2 N–H and O–H groups in total. The van der Waals surface area contributed by atoms with Crippen LogP contribution in [-0.2, 0) is 22.4 Å². The number of rotatable bonds is 8. The van der Waals surface area contributed by atoms with Gasteiger partial charge in [-0.15, -0.1) is 0 Å². The number of likely N-dealkylation sites (tertiary alicyclic amines) is 1. The summed E-state index contributed by atoms with van der Waals surface area (Å²) >= 11 is 0. The van der Waals surface area contributed by atoms with E-state index in [1.54, 1.807) is 13.2 Å². The second-order valence-corrected chi connectivity index (χ2v) is 10.1. The molecule has 39 heavy (non-hydrogen) atoms. The quantitative estimate of drug-likeness (QED) is 0.431. The Kier molecular flexibility index (Phi) is 8.69. The number of aromatic nitrogens is 2. The fraction of sp³-hybridized carbons (Fsp3) is 0.400. The minimum atomic E-state index is -0.609. The maximum absolute atomic E-state index is 15.4. The van der Waals surface area contributed by atoms with Crippen LogP contribution in [0.1, 0.15) is 33.9 Å². The number of aromatic amines is 1. The first kappa shape index (κ1) is 27.0. The van der Waals surface area contributed by atoms with Gasteiger partial charge in [-0.25, -0.2) is 9.37 Å². The van der Waals surface area contributed by atoms with E-state index in [4.69, 9.17) is 9.47 Å². The van der Waals surface area contributed by atoms with Gasteiger partial charge in [-0.05, 0) is 35.4 Å². The predicted molar refractivity (Wildman–Crippen MR) is 145 cm³/mol. The molecule has 0 aliphatic carbocycles. The molecule has 1 aromatic heterocycles. The van der Waals surface area contributed by atoms with Crippen LogP contribution in [0.25, 0.3) is 0 Å². The number of benzene rings is 2. The third-order valence-electron chi connectivity index (χ3n) is 7.34. The number of aromatic hydroxyl groups is 1. The standard InChI is InChI=1S/C30H33FN4O4/c1-38-25-18-35(19-25)17-24(15-28-29(36)30(37)33-20-32-28)26-9-8-22(14-27(26)31)5-2-21-3-6-23(7-4-21)16-34-10-12-39-13-11-34/h3-4,6-9,14,20,24-25,36H,10-13,15-19H2,1H3,(H,32,33,37)/t24-/m1/s1. The molecule has 8 nitrogen and oxygen atoms in total. The fourth-order valence-corrected chi connectivity index (χ4v) is 5.01. The van der Waals surface area contributed by atoms with E-state index in [0.717, 1.165) is 51.5 Å². The Morgan fingerprint density at radius 1 is 1.13 bits per heavy atom. The molecule has 2 aromatic carbocycles. The zero-order valence-corrected chi connectivity index (χ0v) is 22.0. The molecule has 5 rings (SSSR count). The van der Waals surface area contributed by atoms with Crippen molar-refractivity contribution in [1.29, 1.82) is 0 Å². The Hall–Kier alpha value is -3.55. The number of methoxy groups -OCH3 is 1. The van der Waals surface area contributed by atoms with Crippen LogP contribution in [0.4, 0.5) is 4.39 Å². The molecule has 1 atom stereocenters. The van der Waals surface area contributed by atoms with Crippen LogP contribution in [-0.4, -0.2) is 84.0 Å². The van der Waals surface area contributed by atoms with E-state index >= 15 is 4.39 Å². The molecule has 2 saturated heterocycles. The van der Waals surface area contributed by atoms with Crippen LogP contribution in [0.5, 0.6) is 5.75 Å². The normalized spacial score (nSPS) is 17.3. The number of H-pyrrole nitrogens is 1. The number of ether oxygens (including phenoxy) is 2. The average Bonchev–Trinajstić information content (AvgIpc) is 2.92. The molecule has 0 amide bonds. The lowest BCUT2D eigenvalue weighted by molar-refractivity contribution is -0.0318. The molecule has 0 spiro atoms. The van der Waals surface area contributed by atoms with Crippen molar-refractivity contribution in [2.24, 2.45) is 0 Å². The van der Waals surface area contributed by atoms with Crippen molar-refractivity contribution in [3.8, 4) is 17.6 Å².